The molecule has 0 aliphatic rings. The van der Waals surface area contributed by atoms with Gasteiger partial charge >= 0.3 is 0 Å². The molecule has 4 heteroatoms. The molecule has 68 valence electrons. The van der Waals surface area contributed by atoms with Crippen LogP contribution < -0.4 is 0 Å². The molecule has 0 aliphatic heterocycles. The SMILES string of the molecule is CC(O[Si](C)(C)C)c1nccs1. The summed E-state index contributed by atoms with van der Waals surface area (Å²) >= 11 is 1.66. The minimum absolute atomic E-state index is 0.164. The van der Waals surface area contributed by atoms with Crippen molar-refractivity contribution >= 4 is 19.7 Å². The molecule has 0 aliphatic carbocycles. The number of hydrogen-bond donors (Lipinski definition) is 0. The molecule has 0 spiro atoms. The normalized spacial score (nSPS) is 14.7. The molecule has 0 fully saturated rings. The molecule has 1 atom stereocenters. The Morgan fingerprint density at radius 3 is 2.58 bits per heavy atom. The van der Waals surface area contributed by atoms with Crippen molar-refractivity contribution in [3.63, 3.8) is 0 Å². The van der Waals surface area contributed by atoms with Crippen LogP contribution >= 0.6 is 11.3 Å². The van der Waals surface area contributed by atoms with Crippen LogP contribution in [-0.4, -0.2) is 13.3 Å². The fourth-order valence-corrected chi connectivity index (χ4v) is 2.90. The van der Waals surface area contributed by atoms with Crippen molar-refractivity contribution in [1.82, 2.24) is 4.98 Å². The second-order valence-corrected chi connectivity index (χ2v) is 9.13. The maximum Gasteiger partial charge on any atom is 0.184 e. The first-order chi connectivity index (χ1) is 5.49. The molecule has 1 rings (SSSR count). The van der Waals surface area contributed by atoms with E-state index in [1.165, 1.54) is 0 Å². The zero-order valence-corrected chi connectivity index (χ0v) is 9.81. The van der Waals surface area contributed by atoms with Gasteiger partial charge in [0.05, 0.1) is 6.10 Å². The molecule has 0 radical (unpaired) electrons. The van der Waals surface area contributed by atoms with Gasteiger partial charge in [-0.25, -0.2) is 4.98 Å². The molecular weight excluding hydrogens is 186 g/mol. The summed E-state index contributed by atoms with van der Waals surface area (Å²) in [5.74, 6) is 0. The Hall–Kier alpha value is -0.193. The lowest BCUT2D eigenvalue weighted by atomic mass is 10.4. The average Bonchev–Trinajstić information content (AvgIpc) is 2.32. The van der Waals surface area contributed by atoms with Crippen molar-refractivity contribution in [3.8, 4) is 0 Å². The summed E-state index contributed by atoms with van der Waals surface area (Å²) in [6.45, 7) is 8.64. The van der Waals surface area contributed by atoms with E-state index in [-0.39, 0.29) is 6.10 Å². The van der Waals surface area contributed by atoms with E-state index < -0.39 is 8.32 Å². The van der Waals surface area contributed by atoms with Gasteiger partial charge in [-0.15, -0.1) is 11.3 Å². The van der Waals surface area contributed by atoms with Gasteiger partial charge in [-0.3, -0.25) is 0 Å². The van der Waals surface area contributed by atoms with Crippen molar-refractivity contribution in [1.29, 1.82) is 0 Å². The standard InChI is InChI=1S/C8H15NOSSi/c1-7(10-12(2,3)4)8-9-5-6-11-8/h5-7H,1-4H3. The van der Waals surface area contributed by atoms with Crippen LogP contribution in [0.1, 0.15) is 18.0 Å². The van der Waals surface area contributed by atoms with Gasteiger partial charge in [-0.05, 0) is 26.6 Å². The van der Waals surface area contributed by atoms with Gasteiger partial charge in [-0.1, -0.05) is 0 Å². The zero-order valence-electron chi connectivity index (χ0n) is 8.00. The van der Waals surface area contributed by atoms with Crippen molar-refractivity contribution in [2.45, 2.75) is 32.7 Å². The molecule has 1 unspecified atom stereocenters. The minimum atomic E-state index is -1.41. The van der Waals surface area contributed by atoms with Gasteiger partial charge in [0.15, 0.2) is 8.32 Å². The van der Waals surface area contributed by atoms with Crippen LogP contribution in [0.3, 0.4) is 0 Å². The molecule has 0 saturated carbocycles. The van der Waals surface area contributed by atoms with Gasteiger partial charge in [0.2, 0.25) is 0 Å². The highest BCUT2D eigenvalue weighted by Gasteiger charge is 2.20. The second-order valence-electron chi connectivity index (χ2n) is 3.74. The summed E-state index contributed by atoms with van der Waals surface area (Å²) in [5, 5.41) is 3.07. The maximum atomic E-state index is 5.87. The number of thiazole rings is 1. The largest absolute Gasteiger partial charge is 0.409 e. The Labute approximate surface area is 78.7 Å². The predicted molar refractivity (Wildman–Crippen MR) is 55.0 cm³/mol. The highest BCUT2D eigenvalue weighted by atomic mass is 32.1. The second kappa shape index (κ2) is 3.68. The Bertz CT molecular complexity index is 230. The number of hydrogen-bond acceptors (Lipinski definition) is 3. The molecule has 0 saturated heterocycles. The zero-order chi connectivity index (χ0) is 9.19. The fourth-order valence-electron chi connectivity index (χ4n) is 1.02. The molecule has 1 aromatic heterocycles. The van der Waals surface area contributed by atoms with Crippen molar-refractivity contribution in [3.05, 3.63) is 16.6 Å². The van der Waals surface area contributed by atoms with Gasteiger partial charge in [0.25, 0.3) is 0 Å². The lowest BCUT2D eigenvalue weighted by Crippen LogP contribution is -2.26. The molecule has 0 amide bonds. The van der Waals surface area contributed by atoms with Crippen LogP contribution in [-0.2, 0) is 4.43 Å². The minimum Gasteiger partial charge on any atom is -0.409 e. The van der Waals surface area contributed by atoms with E-state index in [9.17, 15) is 0 Å². The molecule has 0 N–H and O–H groups in total. The van der Waals surface area contributed by atoms with E-state index in [1.807, 2.05) is 11.6 Å². The van der Waals surface area contributed by atoms with E-state index in [4.69, 9.17) is 4.43 Å². The van der Waals surface area contributed by atoms with E-state index in [0.29, 0.717) is 0 Å². The summed E-state index contributed by atoms with van der Waals surface area (Å²) in [4.78, 5) is 4.22. The number of rotatable bonds is 3. The third-order valence-electron chi connectivity index (χ3n) is 1.33. The molecule has 1 heterocycles. The quantitative estimate of drug-likeness (QED) is 0.701. The number of aromatic nitrogens is 1. The summed E-state index contributed by atoms with van der Waals surface area (Å²) in [6.07, 6.45) is 1.99. The third-order valence-corrected chi connectivity index (χ3v) is 3.33. The van der Waals surface area contributed by atoms with Gasteiger partial charge in [0, 0.05) is 11.6 Å². The smallest absolute Gasteiger partial charge is 0.184 e. The van der Waals surface area contributed by atoms with Crippen LogP contribution in [0.15, 0.2) is 11.6 Å². The highest BCUT2D eigenvalue weighted by molar-refractivity contribution is 7.09. The molecule has 0 aromatic carbocycles. The van der Waals surface area contributed by atoms with Crippen LogP contribution in [0.2, 0.25) is 19.6 Å². The van der Waals surface area contributed by atoms with Gasteiger partial charge in [-0.2, -0.15) is 0 Å². The topological polar surface area (TPSA) is 22.1 Å². The van der Waals surface area contributed by atoms with E-state index >= 15 is 0 Å². The first-order valence-electron chi connectivity index (χ1n) is 4.06. The van der Waals surface area contributed by atoms with Crippen LogP contribution in [0.5, 0.6) is 0 Å². The van der Waals surface area contributed by atoms with E-state index in [0.717, 1.165) is 5.01 Å². The van der Waals surface area contributed by atoms with E-state index in [2.05, 4.69) is 31.5 Å². The van der Waals surface area contributed by atoms with Gasteiger partial charge < -0.3 is 4.43 Å². The molecule has 1 aromatic rings. The van der Waals surface area contributed by atoms with Crippen LogP contribution in [0, 0.1) is 0 Å². The Kier molecular flexibility index (Phi) is 3.03. The maximum absolute atomic E-state index is 5.87. The van der Waals surface area contributed by atoms with Crippen molar-refractivity contribution in [2.75, 3.05) is 0 Å². The summed E-state index contributed by atoms with van der Waals surface area (Å²) in [5.41, 5.74) is 0. The first kappa shape index (κ1) is 9.89. The highest BCUT2D eigenvalue weighted by Crippen LogP contribution is 2.22. The molecular formula is C8H15NOSSi. The van der Waals surface area contributed by atoms with E-state index in [1.54, 1.807) is 11.3 Å². The first-order valence-corrected chi connectivity index (χ1v) is 8.35. The average molecular weight is 201 g/mol. The molecule has 0 bridgehead atoms. The van der Waals surface area contributed by atoms with Crippen molar-refractivity contribution in [2.24, 2.45) is 0 Å². The lowest BCUT2D eigenvalue weighted by molar-refractivity contribution is 0.218. The summed E-state index contributed by atoms with van der Waals surface area (Å²) in [7, 11) is -1.41. The van der Waals surface area contributed by atoms with Crippen molar-refractivity contribution < 1.29 is 4.43 Å². The van der Waals surface area contributed by atoms with Crippen LogP contribution in [0.25, 0.3) is 0 Å². The Balaban J connectivity index is 2.56. The van der Waals surface area contributed by atoms with Crippen LogP contribution in [0.4, 0.5) is 0 Å². The third kappa shape index (κ3) is 3.04. The summed E-state index contributed by atoms with van der Waals surface area (Å²) < 4.78 is 5.87. The molecule has 2 nitrogen and oxygen atoms in total. The Morgan fingerprint density at radius 1 is 1.50 bits per heavy atom. The Morgan fingerprint density at radius 2 is 2.17 bits per heavy atom. The van der Waals surface area contributed by atoms with Gasteiger partial charge in [0.1, 0.15) is 5.01 Å². The number of nitrogens with zero attached hydrogens (tertiary/aromatic N) is 1. The monoisotopic (exact) mass is 201 g/mol. The molecule has 12 heavy (non-hydrogen) atoms. The summed E-state index contributed by atoms with van der Waals surface area (Å²) in [6, 6.07) is 0. The lowest BCUT2D eigenvalue weighted by Gasteiger charge is -2.21. The predicted octanol–water partition coefficient (Wildman–Crippen LogP) is 3.06. The fraction of sp³-hybridized carbons (Fsp3) is 0.625.